The number of halogens is 1. The zero-order chi connectivity index (χ0) is 19.2. The third kappa shape index (κ3) is 5.37. The summed E-state index contributed by atoms with van der Waals surface area (Å²) in [6, 6.07) is 5.54. The van der Waals surface area contributed by atoms with Crippen molar-refractivity contribution in [2.24, 2.45) is 5.92 Å². The molecule has 1 amide bonds. The molecule has 0 aliphatic carbocycles. The molecule has 144 valence electrons. The normalized spacial score (nSPS) is 15.6. The molecule has 0 atom stereocenters. The first-order valence-electron chi connectivity index (χ1n) is 9.16. The first kappa shape index (κ1) is 19.5. The second-order valence-electron chi connectivity index (χ2n) is 6.82. The Morgan fingerprint density at radius 3 is 2.81 bits per heavy atom. The number of carbonyl (C=O) groups is 1. The van der Waals surface area contributed by atoms with Gasteiger partial charge in [-0.1, -0.05) is 17.7 Å². The quantitative estimate of drug-likeness (QED) is 0.766. The molecule has 0 saturated carbocycles. The summed E-state index contributed by atoms with van der Waals surface area (Å²) in [7, 11) is 0. The molecule has 1 aliphatic heterocycles. The van der Waals surface area contributed by atoms with Gasteiger partial charge < -0.3 is 10.0 Å². The molecule has 0 radical (unpaired) electrons. The van der Waals surface area contributed by atoms with Crippen LogP contribution in [0.3, 0.4) is 0 Å². The Bertz CT molecular complexity index is 812. The number of carbonyl (C=O) groups excluding carboxylic acids is 1. The molecular formula is C19H24ClN5O2. The summed E-state index contributed by atoms with van der Waals surface area (Å²) in [4.78, 5) is 15.9. The maximum absolute atomic E-state index is 12.5. The van der Waals surface area contributed by atoms with Gasteiger partial charge in [-0.15, -0.1) is 10.2 Å². The van der Waals surface area contributed by atoms with Crippen LogP contribution in [-0.2, 0) is 11.3 Å². The molecule has 2 aromatic rings. The van der Waals surface area contributed by atoms with E-state index in [-0.39, 0.29) is 12.5 Å². The molecule has 0 unspecified atom stereocenters. The monoisotopic (exact) mass is 389 g/mol. The standard InChI is InChI=1S/C19H24ClN5O2/c1-14-21-23-25(22-14)13-17-12-18(20)4-2-16(17)3-5-19(27)24-9-6-15(7-10-24)8-11-26/h2-5,12,15,26H,6-11,13H2,1H3/b5-3+. The molecule has 27 heavy (non-hydrogen) atoms. The fourth-order valence-corrected chi connectivity index (χ4v) is 3.50. The lowest BCUT2D eigenvalue weighted by molar-refractivity contribution is -0.127. The molecular weight excluding hydrogens is 366 g/mol. The number of aliphatic hydroxyl groups is 1. The van der Waals surface area contributed by atoms with Crippen LogP contribution in [0.25, 0.3) is 6.08 Å². The molecule has 8 heteroatoms. The number of aromatic nitrogens is 4. The summed E-state index contributed by atoms with van der Waals surface area (Å²) in [6.07, 6.45) is 6.14. The number of hydrogen-bond acceptors (Lipinski definition) is 5. The highest BCUT2D eigenvalue weighted by Gasteiger charge is 2.21. The van der Waals surface area contributed by atoms with Gasteiger partial charge in [0.05, 0.1) is 6.54 Å². The molecule has 1 fully saturated rings. The van der Waals surface area contributed by atoms with E-state index in [9.17, 15) is 4.79 Å². The minimum atomic E-state index is 0.00748. The highest BCUT2D eigenvalue weighted by atomic mass is 35.5. The van der Waals surface area contributed by atoms with Gasteiger partial charge in [-0.3, -0.25) is 4.79 Å². The largest absolute Gasteiger partial charge is 0.396 e. The van der Waals surface area contributed by atoms with Crippen LogP contribution < -0.4 is 0 Å². The van der Waals surface area contributed by atoms with Crippen LogP contribution in [0.5, 0.6) is 0 Å². The number of likely N-dealkylation sites (tertiary alicyclic amines) is 1. The first-order chi connectivity index (χ1) is 13.0. The van der Waals surface area contributed by atoms with Crippen molar-refractivity contribution in [2.45, 2.75) is 32.7 Å². The minimum Gasteiger partial charge on any atom is -0.396 e. The fourth-order valence-electron chi connectivity index (χ4n) is 3.31. The third-order valence-electron chi connectivity index (χ3n) is 4.84. The SMILES string of the molecule is Cc1nnn(Cc2cc(Cl)ccc2/C=C/C(=O)N2CCC(CCO)CC2)n1. The number of aryl methyl sites for hydroxylation is 1. The molecule has 0 bridgehead atoms. The van der Waals surface area contributed by atoms with Crippen molar-refractivity contribution >= 4 is 23.6 Å². The number of aliphatic hydroxyl groups excluding tert-OH is 1. The van der Waals surface area contributed by atoms with E-state index < -0.39 is 0 Å². The fraction of sp³-hybridized carbons (Fsp3) is 0.474. The van der Waals surface area contributed by atoms with Gasteiger partial charge >= 0.3 is 0 Å². The van der Waals surface area contributed by atoms with Gasteiger partial charge in [-0.25, -0.2) is 0 Å². The molecule has 0 spiro atoms. The number of amides is 1. The van der Waals surface area contributed by atoms with Gasteiger partial charge in [-0.05, 0) is 66.7 Å². The lowest BCUT2D eigenvalue weighted by atomic mass is 9.94. The molecule has 1 aromatic heterocycles. The van der Waals surface area contributed by atoms with Crippen LogP contribution in [-0.4, -0.2) is 55.8 Å². The van der Waals surface area contributed by atoms with Crippen LogP contribution >= 0.6 is 11.6 Å². The van der Waals surface area contributed by atoms with Gasteiger partial charge in [0.15, 0.2) is 5.82 Å². The Hall–Kier alpha value is -2.25. The molecule has 3 rings (SSSR count). The van der Waals surface area contributed by atoms with Crippen LogP contribution in [0.1, 0.15) is 36.2 Å². The summed E-state index contributed by atoms with van der Waals surface area (Å²) in [6.45, 7) is 3.91. The summed E-state index contributed by atoms with van der Waals surface area (Å²) >= 11 is 6.13. The van der Waals surface area contributed by atoms with E-state index in [4.69, 9.17) is 16.7 Å². The van der Waals surface area contributed by atoms with Crippen molar-refractivity contribution in [3.63, 3.8) is 0 Å². The van der Waals surface area contributed by atoms with Crippen LogP contribution in [0.15, 0.2) is 24.3 Å². The predicted octanol–water partition coefficient (Wildman–Crippen LogP) is 2.32. The topological polar surface area (TPSA) is 84.1 Å². The molecule has 1 aromatic carbocycles. The third-order valence-corrected chi connectivity index (χ3v) is 5.07. The summed E-state index contributed by atoms with van der Waals surface area (Å²) in [5, 5.41) is 21.7. The molecule has 2 heterocycles. The molecule has 1 aliphatic rings. The number of tetrazole rings is 1. The van der Waals surface area contributed by atoms with E-state index in [1.807, 2.05) is 23.1 Å². The Kier molecular flexibility index (Phi) is 6.58. The zero-order valence-electron chi connectivity index (χ0n) is 15.4. The van der Waals surface area contributed by atoms with E-state index >= 15 is 0 Å². The zero-order valence-corrected chi connectivity index (χ0v) is 16.1. The average Bonchev–Trinajstić information content (AvgIpc) is 3.06. The van der Waals surface area contributed by atoms with E-state index in [1.165, 1.54) is 4.80 Å². The number of benzene rings is 1. The minimum absolute atomic E-state index is 0.00748. The lowest BCUT2D eigenvalue weighted by Crippen LogP contribution is -2.37. The van der Waals surface area contributed by atoms with Gasteiger partial charge in [0, 0.05) is 30.8 Å². The predicted molar refractivity (Wildman–Crippen MR) is 103 cm³/mol. The van der Waals surface area contributed by atoms with Crippen LogP contribution in [0, 0.1) is 12.8 Å². The number of hydrogen-bond donors (Lipinski definition) is 1. The van der Waals surface area contributed by atoms with Gasteiger partial charge in [0.1, 0.15) is 0 Å². The van der Waals surface area contributed by atoms with Crippen molar-refractivity contribution in [3.8, 4) is 0 Å². The van der Waals surface area contributed by atoms with Crippen LogP contribution in [0.4, 0.5) is 0 Å². The van der Waals surface area contributed by atoms with Crippen molar-refractivity contribution in [2.75, 3.05) is 19.7 Å². The number of nitrogens with zero attached hydrogens (tertiary/aromatic N) is 5. The summed E-state index contributed by atoms with van der Waals surface area (Å²) in [5.41, 5.74) is 1.82. The molecule has 1 saturated heterocycles. The molecule has 1 N–H and O–H groups in total. The number of piperidine rings is 1. The van der Waals surface area contributed by atoms with E-state index in [0.29, 0.717) is 23.3 Å². The first-order valence-corrected chi connectivity index (χ1v) is 9.53. The van der Waals surface area contributed by atoms with Crippen molar-refractivity contribution in [1.82, 2.24) is 25.1 Å². The summed E-state index contributed by atoms with van der Waals surface area (Å²) < 4.78 is 0. The summed E-state index contributed by atoms with van der Waals surface area (Å²) in [5.74, 6) is 1.13. The van der Waals surface area contributed by atoms with Gasteiger partial charge in [0.2, 0.25) is 5.91 Å². The second kappa shape index (κ2) is 9.10. The van der Waals surface area contributed by atoms with Crippen molar-refractivity contribution in [1.29, 1.82) is 0 Å². The highest BCUT2D eigenvalue weighted by Crippen LogP contribution is 2.21. The Balaban J connectivity index is 1.67. The lowest BCUT2D eigenvalue weighted by Gasteiger charge is -2.31. The Morgan fingerprint density at radius 2 is 2.15 bits per heavy atom. The second-order valence-corrected chi connectivity index (χ2v) is 7.26. The Labute approximate surface area is 163 Å². The van der Waals surface area contributed by atoms with Crippen molar-refractivity contribution in [3.05, 3.63) is 46.2 Å². The van der Waals surface area contributed by atoms with Gasteiger partial charge in [-0.2, -0.15) is 4.80 Å². The molecule has 7 nitrogen and oxygen atoms in total. The van der Waals surface area contributed by atoms with E-state index in [1.54, 1.807) is 19.1 Å². The number of rotatable bonds is 6. The maximum atomic E-state index is 12.5. The van der Waals surface area contributed by atoms with Crippen LogP contribution in [0.2, 0.25) is 5.02 Å². The Morgan fingerprint density at radius 1 is 1.37 bits per heavy atom. The van der Waals surface area contributed by atoms with E-state index in [0.717, 1.165) is 43.5 Å². The highest BCUT2D eigenvalue weighted by molar-refractivity contribution is 6.30. The average molecular weight is 390 g/mol. The van der Waals surface area contributed by atoms with Gasteiger partial charge in [0.25, 0.3) is 0 Å². The van der Waals surface area contributed by atoms with E-state index in [2.05, 4.69) is 15.4 Å². The maximum Gasteiger partial charge on any atom is 0.246 e. The smallest absolute Gasteiger partial charge is 0.246 e. The van der Waals surface area contributed by atoms with Crippen molar-refractivity contribution < 1.29 is 9.90 Å².